The van der Waals surface area contributed by atoms with Gasteiger partial charge in [-0.25, -0.2) is 18.8 Å². The van der Waals surface area contributed by atoms with Gasteiger partial charge in [-0.15, -0.1) is 0 Å². The fourth-order valence-electron chi connectivity index (χ4n) is 7.42. The highest BCUT2D eigenvalue weighted by Gasteiger charge is 2.34. The number of morpholine rings is 1. The van der Waals surface area contributed by atoms with Crippen LogP contribution in [0.25, 0.3) is 16.7 Å². The zero-order chi connectivity index (χ0) is 32.5. The van der Waals surface area contributed by atoms with Gasteiger partial charge in [-0.05, 0) is 74.8 Å². The summed E-state index contributed by atoms with van der Waals surface area (Å²) >= 11 is 0. The van der Waals surface area contributed by atoms with Crippen LogP contribution in [0.15, 0.2) is 30.3 Å². The number of hydrogen-bond donors (Lipinski definition) is 1. The average Bonchev–Trinajstić information content (AvgIpc) is 3.43. The van der Waals surface area contributed by atoms with Gasteiger partial charge >= 0.3 is 10.2 Å². The van der Waals surface area contributed by atoms with E-state index in [1.165, 1.54) is 16.4 Å². The van der Waals surface area contributed by atoms with E-state index in [4.69, 9.17) is 19.6 Å². The Balaban J connectivity index is 1.24. The molecule has 4 aliphatic rings. The Hall–Kier alpha value is -3.17. The second-order valence-electron chi connectivity index (χ2n) is 13.2. The van der Waals surface area contributed by atoms with Crippen molar-refractivity contribution in [2.75, 3.05) is 71.1 Å². The van der Waals surface area contributed by atoms with Crippen molar-refractivity contribution in [1.82, 2.24) is 28.7 Å². The second-order valence-corrected chi connectivity index (χ2v) is 14.9. The highest BCUT2D eigenvalue weighted by atomic mass is 32.2. The van der Waals surface area contributed by atoms with E-state index in [-0.39, 0.29) is 23.3 Å². The number of anilines is 1. The summed E-state index contributed by atoms with van der Waals surface area (Å²) in [5.41, 5.74) is 2.86. The molecule has 2 aromatic heterocycles. The minimum absolute atomic E-state index is 0.00377. The number of ether oxygens (including phenoxy) is 2. The van der Waals surface area contributed by atoms with Gasteiger partial charge in [0.2, 0.25) is 0 Å². The van der Waals surface area contributed by atoms with Gasteiger partial charge in [0, 0.05) is 64.9 Å². The van der Waals surface area contributed by atoms with Crippen LogP contribution in [0, 0.1) is 11.7 Å². The van der Waals surface area contributed by atoms with E-state index in [0.717, 1.165) is 88.3 Å². The van der Waals surface area contributed by atoms with Crippen LogP contribution >= 0.6 is 0 Å². The van der Waals surface area contributed by atoms with Gasteiger partial charge in [0.25, 0.3) is 5.91 Å². The van der Waals surface area contributed by atoms with Crippen molar-refractivity contribution in [2.45, 2.75) is 56.9 Å². The number of benzene rings is 1. The highest BCUT2D eigenvalue weighted by molar-refractivity contribution is 7.87. The van der Waals surface area contributed by atoms with E-state index >= 15 is 0 Å². The van der Waals surface area contributed by atoms with Crippen LogP contribution in [-0.4, -0.2) is 111 Å². The SMILES string of the molecule is COCC1CCN(S(=O)(=O)NC(=O)c2cc(N3CCC(N4CCOCC4)CC3)c3c(C4CCC4)nn(-c4ccc(F)cc4)c3n2)CC1. The number of rotatable bonds is 9. The van der Waals surface area contributed by atoms with Crippen LogP contribution in [0.3, 0.4) is 0 Å². The molecule has 7 rings (SSSR count). The summed E-state index contributed by atoms with van der Waals surface area (Å²) in [5.74, 6) is -0.602. The Labute approximate surface area is 275 Å². The number of methoxy groups -OCH3 is 1. The number of amides is 1. The number of fused-ring (bicyclic) bond motifs is 1. The summed E-state index contributed by atoms with van der Waals surface area (Å²) in [6.45, 7) is 6.15. The van der Waals surface area contributed by atoms with Crippen LogP contribution in [0.2, 0.25) is 0 Å². The molecule has 0 bridgehead atoms. The zero-order valence-electron chi connectivity index (χ0n) is 26.9. The Morgan fingerprint density at radius 2 is 1.70 bits per heavy atom. The quantitative estimate of drug-likeness (QED) is 0.365. The molecule has 1 aliphatic carbocycles. The molecule has 1 aromatic carbocycles. The number of nitrogens with zero attached hydrogens (tertiary/aromatic N) is 6. The van der Waals surface area contributed by atoms with Gasteiger partial charge in [0.05, 0.1) is 35.7 Å². The molecule has 0 spiro atoms. The first kappa shape index (κ1) is 32.4. The fourth-order valence-corrected chi connectivity index (χ4v) is 8.58. The van der Waals surface area contributed by atoms with Crippen LogP contribution < -0.4 is 9.62 Å². The molecule has 3 aromatic rings. The molecule has 254 valence electrons. The summed E-state index contributed by atoms with van der Waals surface area (Å²) < 4.78 is 56.8. The topological polar surface area (TPSA) is 122 Å². The second kappa shape index (κ2) is 13.7. The normalized spacial score (nSPS) is 21.3. The first-order valence-electron chi connectivity index (χ1n) is 16.9. The lowest BCUT2D eigenvalue weighted by molar-refractivity contribution is 0.0115. The number of hydrogen-bond acceptors (Lipinski definition) is 9. The van der Waals surface area contributed by atoms with Crippen molar-refractivity contribution in [1.29, 1.82) is 0 Å². The number of nitrogens with one attached hydrogen (secondary N) is 1. The van der Waals surface area contributed by atoms with Gasteiger partial charge in [0.15, 0.2) is 5.65 Å². The Bertz CT molecular complexity index is 1680. The van der Waals surface area contributed by atoms with E-state index in [1.54, 1.807) is 30.0 Å². The van der Waals surface area contributed by atoms with Crippen molar-refractivity contribution in [2.24, 2.45) is 5.92 Å². The van der Waals surface area contributed by atoms with Crippen molar-refractivity contribution in [3.63, 3.8) is 0 Å². The van der Waals surface area contributed by atoms with Crippen molar-refractivity contribution < 1.29 is 27.1 Å². The molecule has 47 heavy (non-hydrogen) atoms. The maximum atomic E-state index is 13.9. The molecular weight excluding hydrogens is 625 g/mol. The van der Waals surface area contributed by atoms with Crippen LogP contribution in [0.4, 0.5) is 10.1 Å². The molecule has 12 nitrogen and oxygen atoms in total. The van der Waals surface area contributed by atoms with Gasteiger partial charge in [-0.2, -0.15) is 17.8 Å². The predicted molar refractivity (Wildman–Crippen MR) is 176 cm³/mol. The number of aromatic nitrogens is 3. The maximum absolute atomic E-state index is 13.9. The average molecular weight is 670 g/mol. The molecule has 3 aliphatic heterocycles. The standard InChI is InChI=1S/C33H44FN7O5S/c1-45-22-23-9-15-40(16-10-23)47(43,44)37-33(42)28-21-29(39-13-11-26(12-14-39)38-17-19-46-20-18-38)30-31(24-3-2-4-24)36-41(32(30)35-28)27-7-5-25(34)6-8-27/h5-8,21,23-24,26H,2-4,9-20,22H2,1H3,(H,37,42). The molecule has 0 radical (unpaired) electrons. The molecule has 4 fully saturated rings. The van der Waals surface area contributed by atoms with Crippen LogP contribution in [0.1, 0.15) is 67.0 Å². The van der Waals surface area contributed by atoms with Crippen molar-refractivity contribution in [3.05, 3.63) is 47.5 Å². The Kier molecular flexibility index (Phi) is 9.47. The van der Waals surface area contributed by atoms with Crippen LogP contribution in [0.5, 0.6) is 0 Å². The number of carbonyl (C=O) groups is 1. The predicted octanol–water partition coefficient (Wildman–Crippen LogP) is 3.46. The minimum atomic E-state index is -4.09. The Morgan fingerprint density at radius 3 is 2.34 bits per heavy atom. The maximum Gasteiger partial charge on any atom is 0.304 e. The lowest BCUT2D eigenvalue weighted by atomic mass is 9.82. The summed E-state index contributed by atoms with van der Waals surface area (Å²) in [4.78, 5) is 23.4. The van der Waals surface area contributed by atoms with E-state index in [1.807, 2.05) is 0 Å². The first-order valence-corrected chi connectivity index (χ1v) is 18.3. The number of piperidine rings is 2. The largest absolute Gasteiger partial charge is 0.384 e. The summed E-state index contributed by atoms with van der Waals surface area (Å²) in [6.07, 6.45) is 6.39. The first-order chi connectivity index (χ1) is 22.8. The van der Waals surface area contributed by atoms with E-state index in [9.17, 15) is 17.6 Å². The fraction of sp³-hybridized carbons (Fsp3) is 0.606. The van der Waals surface area contributed by atoms with Crippen LogP contribution in [-0.2, 0) is 19.7 Å². The summed E-state index contributed by atoms with van der Waals surface area (Å²) in [6, 6.07) is 8.25. The molecule has 5 heterocycles. The van der Waals surface area contributed by atoms with Crippen molar-refractivity contribution in [3.8, 4) is 5.69 Å². The number of pyridine rings is 1. The van der Waals surface area contributed by atoms with E-state index in [2.05, 4.69) is 14.5 Å². The van der Waals surface area contributed by atoms with E-state index < -0.39 is 16.1 Å². The third-order valence-corrected chi connectivity index (χ3v) is 11.8. The smallest absolute Gasteiger partial charge is 0.304 e. The molecule has 0 atom stereocenters. The lowest BCUT2D eigenvalue weighted by Crippen LogP contribution is -2.49. The summed E-state index contributed by atoms with van der Waals surface area (Å²) in [5, 5.41) is 5.92. The molecule has 0 unspecified atom stereocenters. The molecule has 1 amide bonds. The molecule has 3 saturated heterocycles. The van der Waals surface area contributed by atoms with Crippen molar-refractivity contribution >= 4 is 32.8 Å². The molecule has 1 saturated carbocycles. The summed E-state index contributed by atoms with van der Waals surface area (Å²) in [7, 11) is -2.45. The Morgan fingerprint density at radius 1 is 1.00 bits per heavy atom. The number of halogens is 1. The lowest BCUT2D eigenvalue weighted by Gasteiger charge is -2.41. The monoisotopic (exact) mass is 669 g/mol. The third kappa shape index (κ3) is 6.75. The highest BCUT2D eigenvalue weighted by Crippen LogP contribution is 2.43. The molecular formula is C33H44FN7O5S. The van der Waals surface area contributed by atoms with Gasteiger partial charge in [-0.3, -0.25) is 9.69 Å². The molecule has 1 N–H and O–H groups in total. The van der Waals surface area contributed by atoms with Gasteiger partial charge < -0.3 is 14.4 Å². The van der Waals surface area contributed by atoms with Gasteiger partial charge in [-0.1, -0.05) is 6.42 Å². The number of carbonyl (C=O) groups excluding carboxylic acids is 1. The third-order valence-electron chi connectivity index (χ3n) is 10.3. The van der Waals surface area contributed by atoms with Gasteiger partial charge in [0.1, 0.15) is 11.5 Å². The zero-order valence-corrected chi connectivity index (χ0v) is 27.8. The van der Waals surface area contributed by atoms with E-state index in [0.29, 0.717) is 49.9 Å². The minimum Gasteiger partial charge on any atom is -0.384 e. The molecule has 14 heteroatoms.